The molecular formula is C15H23N3O3. The Bertz CT molecular complexity index is 489. The van der Waals surface area contributed by atoms with Crippen LogP contribution in [-0.2, 0) is 9.59 Å². The fourth-order valence-electron chi connectivity index (χ4n) is 1.62. The maximum Gasteiger partial charge on any atom is 0.243 e. The van der Waals surface area contributed by atoms with E-state index in [1.807, 2.05) is 26.8 Å². The third-order valence-corrected chi connectivity index (χ3v) is 2.87. The second kappa shape index (κ2) is 8.26. The van der Waals surface area contributed by atoms with Crippen molar-refractivity contribution in [3.8, 4) is 5.75 Å². The van der Waals surface area contributed by atoms with Crippen molar-refractivity contribution in [3.63, 3.8) is 0 Å². The Balaban J connectivity index is 2.47. The van der Waals surface area contributed by atoms with E-state index in [0.717, 1.165) is 0 Å². The topological polar surface area (TPSA) is 93.5 Å². The van der Waals surface area contributed by atoms with Crippen LogP contribution in [0.5, 0.6) is 5.75 Å². The highest BCUT2D eigenvalue weighted by Gasteiger charge is 2.17. The highest BCUT2D eigenvalue weighted by molar-refractivity contribution is 5.95. The van der Waals surface area contributed by atoms with Crippen LogP contribution in [0.3, 0.4) is 0 Å². The molecule has 6 nitrogen and oxygen atoms in total. The standard InChI is InChI=1S/C15H23N3O3/c1-4-21-12-7-5-6-11(8-12)18-13(19)9-17-15(20)14(16)10(2)3/h5-8,10,14H,4,9,16H2,1-3H3,(H,17,20)(H,18,19)/t14-/m0/s1. The molecule has 0 bridgehead atoms. The van der Waals surface area contributed by atoms with Gasteiger partial charge in [-0.1, -0.05) is 19.9 Å². The first-order chi connectivity index (χ1) is 9.93. The molecule has 0 aliphatic carbocycles. The van der Waals surface area contributed by atoms with E-state index < -0.39 is 6.04 Å². The van der Waals surface area contributed by atoms with Crippen LogP contribution < -0.4 is 21.1 Å². The molecule has 1 atom stereocenters. The minimum Gasteiger partial charge on any atom is -0.494 e. The van der Waals surface area contributed by atoms with Gasteiger partial charge in [-0.15, -0.1) is 0 Å². The van der Waals surface area contributed by atoms with E-state index in [-0.39, 0.29) is 24.3 Å². The van der Waals surface area contributed by atoms with Gasteiger partial charge in [-0.3, -0.25) is 9.59 Å². The van der Waals surface area contributed by atoms with Gasteiger partial charge in [0.2, 0.25) is 11.8 Å². The fraction of sp³-hybridized carbons (Fsp3) is 0.467. The van der Waals surface area contributed by atoms with Crippen molar-refractivity contribution in [2.24, 2.45) is 11.7 Å². The third-order valence-electron chi connectivity index (χ3n) is 2.87. The molecule has 0 fully saturated rings. The lowest BCUT2D eigenvalue weighted by Crippen LogP contribution is -2.46. The Morgan fingerprint density at radius 1 is 1.33 bits per heavy atom. The van der Waals surface area contributed by atoms with Gasteiger partial charge in [0.1, 0.15) is 5.75 Å². The molecule has 1 rings (SSSR count). The van der Waals surface area contributed by atoms with Crippen molar-refractivity contribution >= 4 is 17.5 Å². The van der Waals surface area contributed by atoms with Crippen molar-refractivity contribution < 1.29 is 14.3 Å². The monoisotopic (exact) mass is 293 g/mol. The van der Waals surface area contributed by atoms with Gasteiger partial charge in [0.05, 0.1) is 19.2 Å². The molecule has 21 heavy (non-hydrogen) atoms. The van der Waals surface area contributed by atoms with E-state index in [0.29, 0.717) is 18.0 Å². The zero-order valence-electron chi connectivity index (χ0n) is 12.7. The lowest BCUT2D eigenvalue weighted by atomic mass is 10.1. The number of ether oxygens (including phenoxy) is 1. The van der Waals surface area contributed by atoms with Gasteiger partial charge in [0.25, 0.3) is 0 Å². The van der Waals surface area contributed by atoms with Crippen LogP contribution in [0.15, 0.2) is 24.3 Å². The molecule has 0 aromatic heterocycles. The molecule has 0 aliphatic heterocycles. The summed E-state index contributed by atoms with van der Waals surface area (Å²) in [5.74, 6) is 0.0632. The van der Waals surface area contributed by atoms with E-state index in [9.17, 15) is 9.59 Å². The Morgan fingerprint density at radius 3 is 2.67 bits per heavy atom. The van der Waals surface area contributed by atoms with E-state index in [4.69, 9.17) is 10.5 Å². The van der Waals surface area contributed by atoms with Crippen molar-refractivity contribution in [2.45, 2.75) is 26.8 Å². The number of nitrogens with two attached hydrogens (primary N) is 1. The van der Waals surface area contributed by atoms with Gasteiger partial charge >= 0.3 is 0 Å². The first-order valence-electron chi connectivity index (χ1n) is 7.00. The molecular weight excluding hydrogens is 270 g/mol. The lowest BCUT2D eigenvalue weighted by Gasteiger charge is -2.15. The van der Waals surface area contributed by atoms with Crippen LogP contribution in [-0.4, -0.2) is 31.0 Å². The third kappa shape index (κ3) is 5.83. The second-order valence-corrected chi connectivity index (χ2v) is 5.00. The van der Waals surface area contributed by atoms with Crippen molar-refractivity contribution in [1.29, 1.82) is 0 Å². The molecule has 1 aromatic rings. The molecule has 6 heteroatoms. The van der Waals surface area contributed by atoms with Crippen LogP contribution >= 0.6 is 0 Å². The van der Waals surface area contributed by atoms with Crippen molar-refractivity contribution in [3.05, 3.63) is 24.3 Å². The van der Waals surface area contributed by atoms with Gasteiger partial charge < -0.3 is 21.1 Å². The van der Waals surface area contributed by atoms with E-state index in [1.54, 1.807) is 18.2 Å². The number of amides is 2. The normalized spacial score (nSPS) is 11.9. The number of hydrogen-bond acceptors (Lipinski definition) is 4. The molecule has 0 unspecified atom stereocenters. The SMILES string of the molecule is CCOc1cccc(NC(=O)CNC(=O)[C@@H](N)C(C)C)c1. The molecule has 2 amide bonds. The van der Waals surface area contributed by atoms with E-state index in [1.165, 1.54) is 0 Å². The number of rotatable bonds is 7. The largest absolute Gasteiger partial charge is 0.494 e. The minimum atomic E-state index is -0.612. The fourth-order valence-corrected chi connectivity index (χ4v) is 1.62. The van der Waals surface area contributed by atoms with Gasteiger partial charge in [0.15, 0.2) is 0 Å². The molecule has 0 radical (unpaired) electrons. The number of hydrogen-bond donors (Lipinski definition) is 3. The molecule has 116 valence electrons. The van der Waals surface area contributed by atoms with Crippen LogP contribution in [0.2, 0.25) is 0 Å². The smallest absolute Gasteiger partial charge is 0.243 e. The summed E-state index contributed by atoms with van der Waals surface area (Å²) in [6.07, 6.45) is 0. The molecule has 0 spiro atoms. The summed E-state index contributed by atoms with van der Waals surface area (Å²) in [4.78, 5) is 23.4. The van der Waals surface area contributed by atoms with Crippen LogP contribution in [0.25, 0.3) is 0 Å². The summed E-state index contributed by atoms with van der Waals surface area (Å²) >= 11 is 0. The predicted molar refractivity (Wildman–Crippen MR) is 82.1 cm³/mol. The Labute approximate surface area is 125 Å². The first kappa shape index (κ1) is 17.0. The summed E-state index contributed by atoms with van der Waals surface area (Å²) in [6.45, 7) is 6.03. The number of nitrogens with one attached hydrogen (secondary N) is 2. The average Bonchev–Trinajstić information content (AvgIpc) is 2.44. The highest BCUT2D eigenvalue weighted by atomic mass is 16.5. The van der Waals surface area contributed by atoms with Crippen LogP contribution in [0.4, 0.5) is 5.69 Å². The van der Waals surface area contributed by atoms with Crippen molar-refractivity contribution in [1.82, 2.24) is 5.32 Å². The van der Waals surface area contributed by atoms with Crippen molar-refractivity contribution in [2.75, 3.05) is 18.5 Å². The molecule has 0 aliphatic rings. The number of benzene rings is 1. The zero-order chi connectivity index (χ0) is 15.8. The number of carbonyl (C=O) groups excluding carboxylic acids is 2. The second-order valence-electron chi connectivity index (χ2n) is 5.00. The zero-order valence-corrected chi connectivity index (χ0v) is 12.7. The van der Waals surface area contributed by atoms with Crippen LogP contribution in [0.1, 0.15) is 20.8 Å². The van der Waals surface area contributed by atoms with Crippen LogP contribution in [0, 0.1) is 5.92 Å². The van der Waals surface area contributed by atoms with Gasteiger partial charge in [-0.25, -0.2) is 0 Å². The molecule has 1 aromatic carbocycles. The predicted octanol–water partition coefficient (Wildman–Crippen LogP) is 1.12. The lowest BCUT2D eigenvalue weighted by molar-refractivity contribution is -0.125. The maximum absolute atomic E-state index is 11.8. The molecule has 4 N–H and O–H groups in total. The van der Waals surface area contributed by atoms with E-state index >= 15 is 0 Å². The summed E-state index contributed by atoms with van der Waals surface area (Å²) in [7, 11) is 0. The number of anilines is 1. The Hall–Kier alpha value is -2.08. The van der Waals surface area contributed by atoms with Gasteiger partial charge in [0, 0.05) is 11.8 Å². The molecule has 0 heterocycles. The summed E-state index contributed by atoms with van der Waals surface area (Å²) in [6, 6.07) is 6.46. The van der Waals surface area contributed by atoms with Gasteiger partial charge in [-0.05, 0) is 25.0 Å². The maximum atomic E-state index is 11.8. The van der Waals surface area contributed by atoms with Gasteiger partial charge in [-0.2, -0.15) is 0 Å². The minimum absolute atomic E-state index is 0.0240. The van der Waals surface area contributed by atoms with E-state index in [2.05, 4.69) is 10.6 Å². The first-order valence-corrected chi connectivity index (χ1v) is 7.00. The molecule has 0 saturated carbocycles. The highest BCUT2D eigenvalue weighted by Crippen LogP contribution is 2.16. The summed E-state index contributed by atoms with van der Waals surface area (Å²) in [5.41, 5.74) is 6.31. The Morgan fingerprint density at radius 2 is 2.05 bits per heavy atom. The summed E-state index contributed by atoms with van der Waals surface area (Å²) < 4.78 is 5.35. The number of carbonyl (C=O) groups is 2. The Kier molecular flexibility index (Phi) is 6.68. The quantitative estimate of drug-likeness (QED) is 0.702. The summed E-state index contributed by atoms with van der Waals surface area (Å²) in [5, 5.41) is 5.21. The molecule has 0 saturated heterocycles. The average molecular weight is 293 g/mol.